The summed E-state index contributed by atoms with van der Waals surface area (Å²) in [5, 5.41) is 3.33. The highest BCUT2D eigenvalue weighted by molar-refractivity contribution is 5.43. The van der Waals surface area contributed by atoms with E-state index in [1.54, 1.807) is 5.56 Å². The molecule has 0 aromatic heterocycles. The molecule has 0 saturated heterocycles. The molecule has 0 atom stereocenters. The molecule has 80 valence electrons. The Kier molecular flexibility index (Phi) is 1.79. The van der Waals surface area contributed by atoms with Gasteiger partial charge in [0, 0.05) is 6.54 Å². The second-order valence-corrected chi connectivity index (χ2v) is 5.66. The van der Waals surface area contributed by atoms with Crippen LogP contribution in [0.3, 0.4) is 0 Å². The smallest absolute Gasteiger partial charge is 0.000577 e. The molecule has 15 heavy (non-hydrogen) atoms. The molecule has 3 saturated carbocycles. The lowest BCUT2D eigenvalue weighted by Gasteiger charge is -2.71. The molecule has 0 radical (unpaired) electrons. The standard InChI is InChI=1S/C14H19N/c1-11-5-3-4-6-12(11)14-7-13(8-14,9-14)10-15-2/h3-6,15H,7-10H2,1-2H3. The van der Waals surface area contributed by atoms with Crippen molar-refractivity contribution in [3.63, 3.8) is 0 Å². The van der Waals surface area contributed by atoms with Crippen LogP contribution in [0.5, 0.6) is 0 Å². The number of hydrogen-bond donors (Lipinski definition) is 1. The van der Waals surface area contributed by atoms with Crippen LogP contribution in [0.2, 0.25) is 0 Å². The SMILES string of the molecule is CNCC12CC(c3ccccc3C)(C1)C2. The maximum Gasteiger partial charge on any atom is 0.000577 e. The van der Waals surface area contributed by atoms with Crippen LogP contribution in [-0.2, 0) is 5.41 Å². The van der Waals surface area contributed by atoms with E-state index in [0.717, 1.165) is 0 Å². The Bertz CT molecular complexity index is 374. The molecule has 1 nitrogen and oxygen atoms in total. The van der Waals surface area contributed by atoms with Gasteiger partial charge < -0.3 is 5.32 Å². The quantitative estimate of drug-likeness (QED) is 0.792. The first kappa shape index (κ1) is 9.41. The van der Waals surface area contributed by atoms with E-state index in [-0.39, 0.29) is 0 Å². The summed E-state index contributed by atoms with van der Waals surface area (Å²) in [5.74, 6) is 0. The normalized spacial score (nSPS) is 36.9. The van der Waals surface area contributed by atoms with Crippen molar-refractivity contribution in [3.8, 4) is 0 Å². The van der Waals surface area contributed by atoms with Crippen LogP contribution in [-0.4, -0.2) is 13.6 Å². The Morgan fingerprint density at radius 3 is 2.47 bits per heavy atom. The van der Waals surface area contributed by atoms with Crippen LogP contribution < -0.4 is 5.32 Å². The van der Waals surface area contributed by atoms with Gasteiger partial charge in [-0.25, -0.2) is 0 Å². The van der Waals surface area contributed by atoms with Gasteiger partial charge in [0.15, 0.2) is 0 Å². The first-order valence-corrected chi connectivity index (χ1v) is 5.91. The molecular weight excluding hydrogens is 182 g/mol. The lowest BCUT2D eigenvalue weighted by atomic mass is 9.33. The maximum atomic E-state index is 3.33. The van der Waals surface area contributed by atoms with Gasteiger partial charge in [-0.05, 0) is 55.2 Å². The van der Waals surface area contributed by atoms with Crippen molar-refractivity contribution in [2.24, 2.45) is 5.41 Å². The Morgan fingerprint density at radius 1 is 1.20 bits per heavy atom. The first-order valence-electron chi connectivity index (χ1n) is 5.91. The van der Waals surface area contributed by atoms with Gasteiger partial charge in [0.05, 0.1) is 0 Å². The van der Waals surface area contributed by atoms with E-state index in [9.17, 15) is 0 Å². The molecule has 3 aliphatic carbocycles. The molecule has 0 spiro atoms. The molecule has 3 aliphatic rings. The molecular formula is C14H19N. The van der Waals surface area contributed by atoms with E-state index >= 15 is 0 Å². The van der Waals surface area contributed by atoms with Gasteiger partial charge in [0.1, 0.15) is 0 Å². The van der Waals surface area contributed by atoms with E-state index in [4.69, 9.17) is 0 Å². The molecule has 1 aromatic carbocycles. The van der Waals surface area contributed by atoms with Gasteiger partial charge >= 0.3 is 0 Å². The van der Waals surface area contributed by atoms with E-state index in [1.165, 1.54) is 31.4 Å². The number of benzene rings is 1. The Hall–Kier alpha value is -0.820. The van der Waals surface area contributed by atoms with Crippen LogP contribution in [0.25, 0.3) is 0 Å². The van der Waals surface area contributed by atoms with E-state index in [1.807, 2.05) is 0 Å². The van der Waals surface area contributed by atoms with Crippen molar-refractivity contribution in [1.82, 2.24) is 5.32 Å². The molecule has 2 bridgehead atoms. The Morgan fingerprint density at radius 2 is 1.87 bits per heavy atom. The fourth-order valence-corrected chi connectivity index (χ4v) is 4.01. The number of rotatable bonds is 3. The van der Waals surface area contributed by atoms with Crippen LogP contribution in [0, 0.1) is 12.3 Å². The fourth-order valence-electron chi connectivity index (χ4n) is 4.01. The summed E-state index contributed by atoms with van der Waals surface area (Å²) < 4.78 is 0. The molecule has 3 fully saturated rings. The van der Waals surface area contributed by atoms with Crippen molar-refractivity contribution in [2.75, 3.05) is 13.6 Å². The van der Waals surface area contributed by atoms with Crippen molar-refractivity contribution in [3.05, 3.63) is 35.4 Å². The third-order valence-electron chi connectivity index (χ3n) is 4.41. The third kappa shape index (κ3) is 1.13. The molecule has 1 N–H and O–H groups in total. The molecule has 0 unspecified atom stereocenters. The number of nitrogens with one attached hydrogen (secondary N) is 1. The minimum atomic E-state index is 0.572. The van der Waals surface area contributed by atoms with Crippen LogP contribution in [0.1, 0.15) is 30.4 Å². The van der Waals surface area contributed by atoms with Gasteiger partial charge in [-0.15, -0.1) is 0 Å². The van der Waals surface area contributed by atoms with Gasteiger partial charge in [-0.3, -0.25) is 0 Å². The van der Waals surface area contributed by atoms with Gasteiger partial charge in [-0.2, -0.15) is 0 Å². The zero-order chi connectivity index (χ0) is 10.5. The van der Waals surface area contributed by atoms with Gasteiger partial charge in [-0.1, -0.05) is 24.3 Å². The molecule has 1 aromatic rings. The van der Waals surface area contributed by atoms with Crippen molar-refractivity contribution < 1.29 is 0 Å². The molecule has 1 heteroatoms. The Balaban J connectivity index is 1.81. The van der Waals surface area contributed by atoms with E-state index in [2.05, 4.69) is 43.6 Å². The van der Waals surface area contributed by atoms with Crippen molar-refractivity contribution in [1.29, 1.82) is 0 Å². The van der Waals surface area contributed by atoms with Crippen LogP contribution >= 0.6 is 0 Å². The highest BCUT2D eigenvalue weighted by atomic mass is 14.9. The summed E-state index contributed by atoms with van der Waals surface area (Å²) in [6.45, 7) is 3.46. The lowest BCUT2D eigenvalue weighted by molar-refractivity contribution is -0.137. The maximum absolute atomic E-state index is 3.33. The van der Waals surface area contributed by atoms with Crippen LogP contribution in [0.4, 0.5) is 0 Å². The monoisotopic (exact) mass is 201 g/mol. The van der Waals surface area contributed by atoms with E-state index < -0.39 is 0 Å². The molecule has 4 rings (SSSR count). The minimum absolute atomic E-state index is 0.572. The second-order valence-electron chi connectivity index (χ2n) is 5.66. The highest BCUT2D eigenvalue weighted by Gasteiger charge is 2.67. The summed E-state index contributed by atoms with van der Waals surface area (Å²) in [5.41, 5.74) is 4.33. The number of aryl methyl sites for hydroxylation is 1. The minimum Gasteiger partial charge on any atom is -0.319 e. The zero-order valence-corrected chi connectivity index (χ0v) is 9.64. The summed E-state index contributed by atoms with van der Waals surface area (Å²) in [7, 11) is 2.07. The second kappa shape index (κ2) is 2.85. The zero-order valence-electron chi connectivity index (χ0n) is 9.64. The Labute approximate surface area is 91.9 Å². The van der Waals surface area contributed by atoms with Gasteiger partial charge in [0.25, 0.3) is 0 Å². The van der Waals surface area contributed by atoms with Crippen molar-refractivity contribution >= 4 is 0 Å². The van der Waals surface area contributed by atoms with E-state index in [0.29, 0.717) is 10.8 Å². The largest absolute Gasteiger partial charge is 0.319 e. The third-order valence-corrected chi connectivity index (χ3v) is 4.41. The molecule has 0 amide bonds. The number of hydrogen-bond acceptors (Lipinski definition) is 1. The molecule has 0 heterocycles. The fraction of sp³-hybridized carbons (Fsp3) is 0.571. The predicted molar refractivity (Wildman–Crippen MR) is 63.1 cm³/mol. The average Bonchev–Trinajstić information content (AvgIpc) is 2.11. The predicted octanol–water partition coefficient (Wildman–Crippen LogP) is 2.64. The van der Waals surface area contributed by atoms with Crippen molar-refractivity contribution in [2.45, 2.75) is 31.6 Å². The topological polar surface area (TPSA) is 12.0 Å². The first-order chi connectivity index (χ1) is 7.20. The van der Waals surface area contributed by atoms with Gasteiger partial charge in [0.2, 0.25) is 0 Å². The summed E-state index contributed by atoms with van der Waals surface area (Å²) in [6.07, 6.45) is 4.23. The average molecular weight is 201 g/mol. The summed E-state index contributed by atoms with van der Waals surface area (Å²) in [4.78, 5) is 0. The highest BCUT2D eigenvalue weighted by Crippen LogP contribution is 2.73. The summed E-state index contributed by atoms with van der Waals surface area (Å²) >= 11 is 0. The lowest BCUT2D eigenvalue weighted by Crippen LogP contribution is -2.67. The van der Waals surface area contributed by atoms with Crippen LogP contribution in [0.15, 0.2) is 24.3 Å². The molecule has 0 aliphatic heterocycles. The summed E-state index contributed by atoms with van der Waals surface area (Å²) in [6, 6.07) is 8.92.